The highest BCUT2D eigenvalue weighted by Gasteiger charge is 2.11. The molecule has 0 saturated carbocycles. The average molecular weight is 430 g/mol. The maximum absolute atomic E-state index is 12.2. The second kappa shape index (κ2) is 9.59. The lowest BCUT2D eigenvalue weighted by Gasteiger charge is -2.03. The van der Waals surface area contributed by atoms with Crippen LogP contribution in [0.3, 0.4) is 0 Å². The zero-order valence-corrected chi connectivity index (χ0v) is 17.4. The lowest BCUT2D eigenvalue weighted by molar-refractivity contribution is -0.113. The molecule has 2 aromatic heterocycles. The Morgan fingerprint density at radius 2 is 1.93 bits per heavy atom. The minimum atomic E-state index is -0.561. The van der Waals surface area contributed by atoms with E-state index in [0.717, 1.165) is 21.8 Å². The van der Waals surface area contributed by atoms with Crippen LogP contribution >= 0.6 is 23.1 Å². The molecule has 0 radical (unpaired) electrons. The molecular formula is C19H19N5O3S2. The number of thioether (sulfide) groups is 1. The van der Waals surface area contributed by atoms with E-state index < -0.39 is 5.91 Å². The molecule has 0 unspecified atom stereocenters. The van der Waals surface area contributed by atoms with Gasteiger partial charge in [0.05, 0.1) is 5.75 Å². The van der Waals surface area contributed by atoms with E-state index >= 15 is 0 Å². The quantitative estimate of drug-likeness (QED) is 0.229. The van der Waals surface area contributed by atoms with E-state index in [1.165, 1.54) is 23.1 Å². The average Bonchev–Trinajstić information content (AvgIpc) is 3.12. The third kappa shape index (κ3) is 6.08. The number of carbonyl (C=O) groups excluding carboxylic acids is 2. The minimum absolute atomic E-state index is 0.180. The van der Waals surface area contributed by atoms with Crippen molar-refractivity contribution in [2.45, 2.75) is 25.4 Å². The van der Waals surface area contributed by atoms with E-state index in [1.54, 1.807) is 29.9 Å². The van der Waals surface area contributed by atoms with E-state index in [9.17, 15) is 9.59 Å². The molecule has 150 valence electrons. The first kappa shape index (κ1) is 20.9. The van der Waals surface area contributed by atoms with Crippen LogP contribution in [0.15, 0.2) is 41.7 Å². The summed E-state index contributed by atoms with van der Waals surface area (Å²) < 4.78 is 0. The van der Waals surface area contributed by atoms with Crippen LogP contribution in [0, 0.1) is 13.8 Å². The number of hydrogen-bond donors (Lipinski definition) is 3. The summed E-state index contributed by atoms with van der Waals surface area (Å²) >= 11 is 2.65. The summed E-state index contributed by atoms with van der Waals surface area (Å²) in [5, 5.41) is 12.6. The monoisotopic (exact) mass is 429 g/mol. The molecular weight excluding hydrogens is 410 g/mol. The maximum atomic E-state index is 12.2. The first-order valence-corrected chi connectivity index (χ1v) is 10.5. The van der Waals surface area contributed by atoms with Gasteiger partial charge in [0.2, 0.25) is 5.91 Å². The minimum Gasteiger partial charge on any atom is -0.301 e. The number of anilines is 1. The van der Waals surface area contributed by atoms with E-state index in [1.807, 2.05) is 26.0 Å². The topological polar surface area (TPSA) is 117 Å². The van der Waals surface area contributed by atoms with Crippen molar-refractivity contribution in [1.82, 2.24) is 20.4 Å². The predicted molar refractivity (Wildman–Crippen MR) is 111 cm³/mol. The number of benzene rings is 1. The number of nitrogens with one attached hydrogen (secondary N) is 2. The molecule has 2 amide bonds. The number of hydroxylamine groups is 1. The zero-order valence-electron chi connectivity index (χ0n) is 15.8. The van der Waals surface area contributed by atoms with Gasteiger partial charge in [-0.15, -0.1) is 11.3 Å². The van der Waals surface area contributed by atoms with Crippen molar-refractivity contribution in [1.29, 1.82) is 0 Å². The number of carbonyl (C=O) groups is 2. The lowest BCUT2D eigenvalue weighted by atomic mass is 10.1. The highest BCUT2D eigenvalue weighted by atomic mass is 32.2. The van der Waals surface area contributed by atoms with Crippen molar-refractivity contribution in [3.8, 4) is 0 Å². The van der Waals surface area contributed by atoms with Crippen LogP contribution in [-0.4, -0.2) is 37.7 Å². The summed E-state index contributed by atoms with van der Waals surface area (Å²) in [5.74, 6) is -0.550. The van der Waals surface area contributed by atoms with Crippen molar-refractivity contribution in [3.05, 3.63) is 63.9 Å². The van der Waals surface area contributed by atoms with Gasteiger partial charge in [0, 0.05) is 34.4 Å². The molecule has 8 nitrogen and oxygen atoms in total. The number of aryl methyl sites for hydroxylation is 2. The number of thiazole rings is 1. The third-order valence-electron chi connectivity index (χ3n) is 3.76. The molecule has 3 N–H and O–H groups in total. The fourth-order valence-corrected chi connectivity index (χ4v) is 4.19. The molecule has 3 rings (SSSR count). The van der Waals surface area contributed by atoms with Crippen molar-refractivity contribution in [2.24, 2.45) is 0 Å². The van der Waals surface area contributed by atoms with Gasteiger partial charge >= 0.3 is 0 Å². The van der Waals surface area contributed by atoms with E-state index in [4.69, 9.17) is 5.21 Å². The molecule has 0 saturated heterocycles. The van der Waals surface area contributed by atoms with Crippen LogP contribution < -0.4 is 10.8 Å². The summed E-state index contributed by atoms with van der Waals surface area (Å²) in [4.78, 5) is 37.5. The zero-order chi connectivity index (χ0) is 20.8. The Morgan fingerprint density at radius 1 is 1.17 bits per heavy atom. The smallest absolute Gasteiger partial charge is 0.274 e. The molecule has 10 heteroatoms. The molecule has 0 bridgehead atoms. The number of amides is 2. The predicted octanol–water partition coefficient (Wildman–Crippen LogP) is 2.99. The molecule has 0 spiro atoms. The Hall–Kier alpha value is -2.82. The Morgan fingerprint density at radius 3 is 2.66 bits per heavy atom. The van der Waals surface area contributed by atoms with Crippen molar-refractivity contribution < 1.29 is 14.8 Å². The van der Waals surface area contributed by atoms with Gasteiger partial charge in [-0.05, 0) is 37.6 Å². The SMILES string of the molecule is Cc1cc(C)nc(SCC(=O)Nc2ncc(Cc3cccc(C(=O)NO)c3)s2)n1. The summed E-state index contributed by atoms with van der Waals surface area (Å²) in [5.41, 5.74) is 4.62. The van der Waals surface area contributed by atoms with Gasteiger partial charge in [-0.3, -0.25) is 14.8 Å². The maximum Gasteiger partial charge on any atom is 0.274 e. The third-order valence-corrected chi connectivity index (χ3v) is 5.52. The fourth-order valence-electron chi connectivity index (χ4n) is 2.58. The summed E-state index contributed by atoms with van der Waals surface area (Å²) in [7, 11) is 0. The normalized spacial score (nSPS) is 10.6. The van der Waals surface area contributed by atoms with Crippen LogP contribution in [0.4, 0.5) is 5.13 Å². The first-order valence-electron chi connectivity index (χ1n) is 8.66. The van der Waals surface area contributed by atoms with Gasteiger partial charge in [-0.2, -0.15) is 0 Å². The second-order valence-corrected chi connectivity index (χ2v) is 8.28. The van der Waals surface area contributed by atoms with Crippen LogP contribution in [0.1, 0.15) is 32.2 Å². The molecule has 0 aliphatic carbocycles. The molecule has 3 aromatic rings. The molecule has 0 aliphatic rings. The second-order valence-electron chi connectivity index (χ2n) is 6.22. The Labute approximate surface area is 175 Å². The van der Waals surface area contributed by atoms with Crippen molar-refractivity contribution in [3.63, 3.8) is 0 Å². The molecule has 0 aliphatic heterocycles. The Bertz CT molecular complexity index is 1020. The van der Waals surface area contributed by atoms with Gasteiger partial charge in [0.15, 0.2) is 10.3 Å². The summed E-state index contributed by atoms with van der Waals surface area (Å²) in [6, 6.07) is 8.82. The molecule has 1 aromatic carbocycles. The van der Waals surface area contributed by atoms with E-state index in [-0.39, 0.29) is 11.7 Å². The molecule has 0 fully saturated rings. The number of rotatable bonds is 7. The van der Waals surface area contributed by atoms with Gasteiger partial charge in [-0.1, -0.05) is 23.9 Å². The van der Waals surface area contributed by atoms with Crippen LogP contribution in [0.5, 0.6) is 0 Å². The molecule has 2 heterocycles. The Kier molecular flexibility index (Phi) is 6.91. The van der Waals surface area contributed by atoms with Crippen molar-refractivity contribution >= 4 is 40.0 Å². The number of aromatic nitrogens is 3. The van der Waals surface area contributed by atoms with Crippen LogP contribution in [0.25, 0.3) is 0 Å². The van der Waals surface area contributed by atoms with Crippen LogP contribution in [-0.2, 0) is 11.2 Å². The highest BCUT2D eigenvalue weighted by Crippen LogP contribution is 2.22. The van der Waals surface area contributed by atoms with Gasteiger partial charge in [0.25, 0.3) is 5.91 Å². The fraction of sp³-hybridized carbons (Fsp3) is 0.211. The first-order chi connectivity index (χ1) is 13.9. The molecule has 0 atom stereocenters. The molecule has 29 heavy (non-hydrogen) atoms. The van der Waals surface area contributed by atoms with Gasteiger partial charge < -0.3 is 5.32 Å². The highest BCUT2D eigenvalue weighted by molar-refractivity contribution is 7.99. The summed E-state index contributed by atoms with van der Waals surface area (Å²) in [6.07, 6.45) is 2.25. The van der Waals surface area contributed by atoms with Crippen molar-refractivity contribution in [2.75, 3.05) is 11.1 Å². The van der Waals surface area contributed by atoms with Crippen LogP contribution in [0.2, 0.25) is 0 Å². The Balaban J connectivity index is 1.56. The summed E-state index contributed by atoms with van der Waals surface area (Å²) in [6.45, 7) is 3.78. The number of nitrogens with zero attached hydrogens (tertiary/aromatic N) is 3. The van der Waals surface area contributed by atoms with E-state index in [2.05, 4.69) is 20.3 Å². The van der Waals surface area contributed by atoms with E-state index in [0.29, 0.717) is 22.3 Å². The standard InChI is InChI=1S/C19H19N5O3S2/c1-11-6-12(2)22-19(21-11)28-10-16(25)23-18-20-9-15(29-18)8-13-4-3-5-14(7-13)17(26)24-27/h3-7,9,27H,8,10H2,1-2H3,(H,24,26)(H,20,23,25). The van der Waals surface area contributed by atoms with Gasteiger partial charge in [-0.25, -0.2) is 20.4 Å². The van der Waals surface area contributed by atoms with Gasteiger partial charge in [0.1, 0.15) is 0 Å². The number of hydrogen-bond acceptors (Lipinski definition) is 8. The lowest BCUT2D eigenvalue weighted by Crippen LogP contribution is -2.18. The largest absolute Gasteiger partial charge is 0.301 e.